The van der Waals surface area contributed by atoms with Gasteiger partial charge in [-0.1, -0.05) is 18.2 Å². The van der Waals surface area contributed by atoms with Crippen LogP contribution < -0.4 is 15.5 Å². The molecule has 1 N–H and O–H groups in total. The van der Waals surface area contributed by atoms with E-state index in [4.69, 9.17) is 9.15 Å². The number of nitrogens with one attached hydrogen (secondary N) is 1. The summed E-state index contributed by atoms with van der Waals surface area (Å²) >= 11 is 0. The zero-order chi connectivity index (χ0) is 17.2. The summed E-state index contributed by atoms with van der Waals surface area (Å²) in [5, 5.41) is 2.63. The zero-order valence-electron chi connectivity index (χ0n) is 12.9. The highest BCUT2D eigenvalue weighted by Gasteiger charge is 2.11. The highest BCUT2D eigenvalue weighted by molar-refractivity contribution is 5.87. The molecule has 0 saturated heterocycles. The average molecular weight is 332 g/mol. The monoisotopic (exact) mass is 332 g/mol. The van der Waals surface area contributed by atoms with Crippen molar-refractivity contribution in [2.75, 3.05) is 5.32 Å². The number of aromatic nitrogens is 1. The average Bonchev–Trinajstić information content (AvgIpc) is 2.60. The van der Waals surface area contributed by atoms with Crippen LogP contribution in [0.15, 0.2) is 75.9 Å². The Kier molecular flexibility index (Phi) is 3.63. The van der Waals surface area contributed by atoms with Crippen molar-refractivity contribution >= 4 is 22.9 Å². The summed E-state index contributed by atoms with van der Waals surface area (Å²) in [4.78, 5) is 27.8. The van der Waals surface area contributed by atoms with E-state index in [1.807, 2.05) is 18.2 Å². The lowest BCUT2D eigenvalue weighted by atomic mass is 10.2. The van der Waals surface area contributed by atoms with E-state index < -0.39 is 6.09 Å². The second-order valence-electron chi connectivity index (χ2n) is 5.35. The van der Waals surface area contributed by atoms with E-state index in [1.165, 1.54) is 12.1 Å². The van der Waals surface area contributed by atoms with Crippen LogP contribution in [0, 0.1) is 0 Å². The second-order valence-corrected chi connectivity index (χ2v) is 5.35. The molecule has 0 radical (unpaired) electrons. The van der Waals surface area contributed by atoms with Crippen LogP contribution in [0.3, 0.4) is 0 Å². The third kappa shape index (κ3) is 3.18. The summed E-state index contributed by atoms with van der Waals surface area (Å²) in [5.41, 5.74) is 2.08. The first-order chi connectivity index (χ1) is 12.2. The van der Waals surface area contributed by atoms with Crippen LogP contribution in [0.25, 0.3) is 22.6 Å². The Morgan fingerprint density at radius 2 is 1.84 bits per heavy atom. The molecule has 1 aliphatic carbocycles. The summed E-state index contributed by atoms with van der Waals surface area (Å²) in [5.74, 6) is 0.690. The zero-order valence-corrected chi connectivity index (χ0v) is 12.9. The second kappa shape index (κ2) is 6.09. The summed E-state index contributed by atoms with van der Waals surface area (Å²) in [6.07, 6.45) is -0.610. The molecule has 1 amide bonds. The third-order valence-corrected chi connectivity index (χ3v) is 3.55. The fourth-order valence-corrected chi connectivity index (χ4v) is 2.42. The molecule has 0 atom stereocenters. The molecule has 0 unspecified atom stereocenters. The minimum atomic E-state index is -0.610. The molecule has 6 heteroatoms. The Morgan fingerprint density at radius 3 is 2.68 bits per heavy atom. The van der Waals surface area contributed by atoms with Gasteiger partial charge in [-0.05, 0) is 36.4 Å². The number of anilines is 1. The number of carbonyl (C=O) groups is 1. The van der Waals surface area contributed by atoms with Crippen molar-refractivity contribution in [1.29, 1.82) is 0 Å². The van der Waals surface area contributed by atoms with E-state index in [0.29, 0.717) is 34.0 Å². The van der Waals surface area contributed by atoms with Crippen LogP contribution in [-0.2, 0) is 0 Å². The van der Waals surface area contributed by atoms with Crippen LogP contribution in [0.4, 0.5) is 10.5 Å². The predicted molar refractivity (Wildman–Crippen MR) is 93.0 cm³/mol. The largest absolute Gasteiger partial charge is 0.453 e. The van der Waals surface area contributed by atoms with Gasteiger partial charge in [0.05, 0.1) is 0 Å². The minimum Gasteiger partial charge on any atom is -0.453 e. The Bertz CT molecular complexity index is 1090. The van der Waals surface area contributed by atoms with Gasteiger partial charge in [0, 0.05) is 17.8 Å². The first-order valence-electron chi connectivity index (χ1n) is 7.56. The van der Waals surface area contributed by atoms with Crippen molar-refractivity contribution in [3.05, 3.63) is 77.0 Å². The summed E-state index contributed by atoms with van der Waals surface area (Å²) in [6, 6.07) is 18.3. The minimum absolute atomic E-state index is 0.160. The molecule has 4 rings (SSSR count). The SMILES string of the molecule is O=C(Nc1ccccc1)Oc1ccc2nc3ccc(=O)cc-3oc2c1. The number of carbonyl (C=O) groups excluding carboxylic acids is 1. The van der Waals surface area contributed by atoms with Crippen LogP contribution in [-0.4, -0.2) is 11.1 Å². The maximum absolute atomic E-state index is 12.0. The summed E-state index contributed by atoms with van der Waals surface area (Å²) in [6.45, 7) is 0. The molecule has 0 saturated carbocycles. The highest BCUT2D eigenvalue weighted by atomic mass is 16.6. The fourth-order valence-electron chi connectivity index (χ4n) is 2.42. The maximum atomic E-state index is 12.0. The molecule has 122 valence electrons. The van der Waals surface area contributed by atoms with Gasteiger partial charge in [0.15, 0.2) is 16.8 Å². The van der Waals surface area contributed by atoms with E-state index in [1.54, 1.807) is 36.4 Å². The van der Waals surface area contributed by atoms with E-state index in [2.05, 4.69) is 10.3 Å². The van der Waals surface area contributed by atoms with Crippen molar-refractivity contribution in [3.8, 4) is 17.2 Å². The standard InChI is InChI=1S/C19H12N2O4/c22-13-6-8-15-17(10-13)25-18-11-14(7-9-16(18)21-15)24-19(23)20-12-4-2-1-3-5-12/h1-11H,(H,20,23). The van der Waals surface area contributed by atoms with Crippen LogP contribution >= 0.6 is 0 Å². The lowest BCUT2D eigenvalue weighted by Gasteiger charge is -2.08. The van der Waals surface area contributed by atoms with Crippen molar-refractivity contribution in [2.45, 2.75) is 0 Å². The van der Waals surface area contributed by atoms with Crippen LogP contribution in [0.2, 0.25) is 0 Å². The molecule has 25 heavy (non-hydrogen) atoms. The van der Waals surface area contributed by atoms with Crippen molar-refractivity contribution in [2.24, 2.45) is 0 Å². The highest BCUT2D eigenvalue weighted by Crippen LogP contribution is 2.26. The smallest absolute Gasteiger partial charge is 0.417 e. The van der Waals surface area contributed by atoms with E-state index in [9.17, 15) is 9.59 Å². The lowest BCUT2D eigenvalue weighted by molar-refractivity contribution is 0.215. The van der Waals surface area contributed by atoms with Gasteiger partial charge in [0.2, 0.25) is 0 Å². The van der Waals surface area contributed by atoms with Gasteiger partial charge in [-0.2, -0.15) is 0 Å². The van der Waals surface area contributed by atoms with Crippen LogP contribution in [0.5, 0.6) is 5.75 Å². The number of hydrogen-bond donors (Lipinski definition) is 1. The molecule has 0 aromatic heterocycles. The van der Waals surface area contributed by atoms with E-state index in [-0.39, 0.29) is 5.43 Å². The quantitative estimate of drug-likeness (QED) is 0.563. The van der Waals surface area contributed by atoms with E-state index >= 15 is 0 Å². The van der Waals surface area contributed by atoms with Crippen LogP contribution in [0.1, 0.15) is 0 Å². The normalized spacial score (nSPS) is 10.7. The summed E-state index contributed by atoms with van der Waals surface area (Å²) in [7, 11) is 0. The van der Waals surface area contributed by atoms with Crippen molar-refractivity contribution < 1.29 is 13.9 Å². The third-order valence-electron chi connectivity index (χ3n) is 3.55. The number of benzene rings is 3. The van der Waals surface area contributed by atoms with Gasteiger partial charge in [0.25, 0.3) is 0 Å². The van der Waals surface area contributed by atoms with Crippen molar-refractivity contribution in [1.82, 2.24) is 4.98 Å². The van der Waals surface area contributed by atoms with Gasteiger partial charge in [-0.3, -0.25) is 10.1 Å². The Morgan fingerprint density at radius 1 is 1.00 bits per heavy atom. The van der Waals surface area contributed by atoms with Gasteiger partial charge in [-0.15, -0.1) is 0 Å². The van der Waals surface area contributed by atoms with Gasteiger partial charge in [-0.25, -0.2) is 9.78 Å². The molecule has 2 aromatic carbocycles. The summed E-state index contributed by atoms with van der Waals surface area (Å²) < 4.78 is 11.0. The van der Waals surface area contributed by atoms with Gasteiger partial charge >= 0.3 is 6.09 Å². The predicted octanol–water partition coefficient (Wildman–Crippen LogP) is 3.90. The number of nitrogens with zero attached hydrogens (tertiary/aromatic N) is 1. The molecule has 0 bridgehead atoms. The number of fused-ring (bicyclic) bond motifs is 2. The molecule has 2 aliphatic rings. The first kappa shape index (κ1) is 14.9. The topological polar surface area (TPSA) is 81.4 Å². The number of para-hydroxylation sites is 1. The molecule has 0 fully saturated rings. The molecule has 1 heterocycles. The number of ether oxygens (including phenoxy) is 1. The fraction of sp³-hybridized carbons (Fsp3) is 0. The Hall–Kier alpha value is -3.67. The molecule has 1 aliphatic heterocycles. The molecule has 0 spiro atoms. The van der Waals surface area contributed by atoms with Gasteiger partial charge in [0.1, 0.15) is 17.0 Å². The molecule has 2 aromatic rings. The molecule has 6 nitrogen and oxygen atoms in total. The Balaban J connectivity index is 1.62. The van der Waals surface area contributed by atoms with Crippen molar-refractivity contribution in [3.63, 3.8) is 0 Å². The Labute approximate surface area is 142 Å². The molecular formula is C19H12N2O4. The van der Waals surface area contributed by atoms with E-state index in [0.717, 1.165) is 0 Å². The maximum Gasteiger partial charge on any atom is 0.417 e. The van der Waals surface area contributed by atoms with Gasteiger partial charge < -0.3 is 9.15 Å². The number of amides is 1. The number of hydrogen-bond acceptors (Lipinski definition) is 5. The first-order valence-corrected chi connectivity index (χ1v) is 7.56. The lowest BCUT2D eigenvalue weighted by Crippen LogP contribution is -2.16. The molecular weight excluding hydrogens is 320 g/mol. The number of rotatable bonds is 2.